The third kappa shape index (κ3) is 3.75. The number of halogens is 3. The molecule has 11 heteroatoms. The number of carboxylic acid groups (broad SMARTS) is 1. The number of rotatable bonds is 4. The van der Waals surface area contributed by atoms with Crippen molar-refractivity contribution in [3.63, 3.8) is 0 Å². The van der Waals surface area contributed by atoms with Crippen LogP contribution in [-0.2, 0) is 10.0 Å². The molecule has 1 aromatic carbocycles. The number of hydrogen-bond donors (Lipinski definition) is 2. The van der Waals surface area contributed by atoms with E-state index in [1.807, 2.05) is 0 Å². The Hall–Kier alpha value is -0.680. The molecule has 0 aliphatic carbocycles. The number of aromatic carboxylic acids is 1. The summed E-state index contributed by atoms with van der Waals surface area (Å²) in [4.78, 5) is 14.7. The van der Waals surface area contributed by atoms with Gasteiger partial charge in [-0.25, -0.2) is 18.2 Å². The molecule has 0 aliphatic rings. The molecule has 0 unspecified atom stereocenters. The first-order chi connectivity index (χ1) is 9.70. The highest BCUT2D eigenvalue weighted by Gasteiger charge is 2.22. The van der Waals surface area contributed by atoms with Gasteiger partial charge in [0.25, 0.3) is 10.0 Å². The molecule has 0 fully saturated rings. The highest BCUT2D eigenvalue weighted by Crippen LogP contribution is 2.31. The molecule has 0 atom stereocenters. The van der Waals surface area contributed by atoms with Gasteiger partial charge >= 0.3 is 5.97 Å². The fraction of sp³-hybridized carbons (Fsp3) is 0. The first-order valence-corrected chi connectivity index (χ1v) is 9.33. The van der Waals surface area contributed by atoms with Gasteiger partial charge in [-0.1, -0.05) is 22.9 Å². The number of sulfonamides is 1. The quantitative estimate of drug-likeness (QED) is 0.699. The van der Waals surface area contributed by atoms with Crippen molar-refractivity contribution in [3.8, 4) is 0 Å². The van der Waals surface area contributed by atoms with Gasteiger partial charge in [0.2, 0.25) is 0 Å². The van der Waals surface area contributed by atoms with Crippen molar-refractivity contribution in [1.82, 2.24) is 4.98 Å². The summed E-state index contributed by atoms with van der Waals surface area (Å²) in [5, 5.41) is 9.12. The van der Waals surface area contributed by atoms with Gasteiger partial charge in [0.1, 0.15) is 0 Å². The summed E-state index contributed by atoms with van der Waals surface area (Å²) < 4.78 is 27.6. The van der Waals surface area contributed by atoms with Crippen molar-refractivity contribution in [2.75, 3.05) is 4.72 Å². The van der Waals surface area contributed by atoms with Crippen LogP contribution in [0.3, 0.4) is 0 Å². The SMILES string of the molecule is O=C(O)c1cc(S(=O)(=O)Nc2ncc(Br)s2)cc(Br)c1Cl. The molecule has 0 bridgehead atoms. The Kier molecular flexibility index (Phi) is 4.93. The lowest BCUT2D eigenvalue weighted by atomic mass is 10.2. The van der Waals surface area contributed by atoms with Crippen LogP contribution in [-0.4, -0.2) is 24.5 Å². The Bertz CT molecular complexity index is 822. The molecule has 0 saturated carbocycles. The Morgan fingerprint density at radius 2 is 2.05 bits per heavy atom. The number of aromatic nitrogens is 1. The zero-order valence-corrected chi connectivity index (χ0v) is 15.4. The molecule has 112 valence electrons. The van der Waals surface area contributed by atoms with Gasteiger partial charge in [0, 0.05) is 4.47 Å². The molecule has 6 nitrogen and oxygen atoms in total. The lowest BCUT2D eigenvalue weighted by Gasteiger charge is -2.08. The smallest absolute Gasteiger partial charge is 0.337 e. The van der Waals surface area contributed by atoms with Gasteiger partial charge in [-0.15, -0.1) is 0 Å². The van der Waals surface area contributed by atoms with Gasteiger partial charge in [0.05, 0.1) is 25.5 Å². The van der Waals surface area contributed by atoms with E-state index in [-0.39, 0.29) is 25.1 Å². The minimum Gasteiger partial charge on any atom is -0.478 e. The van der Waals surface area contributed by atoms with E-state index in [4.69, 9.17) is 16.7 Å². The van der Waals surface area contributed by atoms with E-state index in [1.54, 1.807) is 0 Å². The zero-order chi connectivity index (χ0) is 15.8. The standard InChI is InChI=1S/C10H5Br2ClN2O4S2/c11-6-2-4(1-5(8(6)13)9(16)17)21(18,19)15-10-14-3-7(12)20-10/h1-3H,(H,14,15)(H,16,17). The van der Waals surface area contributed by atoms with E-state index in [1.165, 1.54) is 12.3 Å². The predicted octanol–water partition coefficient (Wildman–Crippen LogP) is 3.82. The minimum absolute atomic E-state index is 0.0709. The molecule has 0 radical (unpaired) electrons. The molecule has 2 aromatic rings. The highest BCUT2D eigenvalue weighted by atomic mass is 79.9. The van der Waals surface area contributed by atoms with Crippen molar-refractivity contribution in [1.29, 1.82) is 0 Å². The van der Waals surface area contributed by atoms with E-state index >= 15 is 0 Å². The summed E-state index contributed by atoms with van der Waals surface area (Å²) in [6.45, 7) is 0. The monoisotopic (exact) mass is 474 g/mol. The molecule has 0 spiro atoms. The van der Waals surface area contributed by atoms with Crippen LogP contribution in [0.25, 0.3) is 0 Å². The number of thiazole rings is 1. The van der Waals surface area contributed by atoms with Gasteiger partial charge in [-0.2, -0.15) is 0 Å². The van der Waals surface area contributed by atoms with E-state index in [2.05, 4.69) is 41.6 Å². The second-order valence-electron chi connectivity index (χ2n) is 3.65. The van der Waals surface area contributed by atoms with Crippen LogP contribution in [0.2, 0.25) is 5.02 Å². The summed E-state index contributed by atoms with van der Waals surface area (Å²) in [5.74, 6) is -1.32. The maximum atomic E-state index is 12.2. The van der Waals surface area contributed by atoms with Crippen LogP contribution in [0.15, 0.2) is 31.5 Å². The summed E-state index contributed by atoms with van der Waals surface area (Å²) in [6.07, 6.45) is 1.45. The molecule has 1 aromatic heterocycles. The van der Waals surface area contributed by atoms with E-state index in [0.29, 0.717) is 3.79 Å². The number of carboxylic acids is 1. The van der Waals surface area contributed by atoms with Gasteiger partial charge in [0.15, 0.2) is 5.13 Å². The third-order valence-corrected chi connectivity index (χ3v) is 6.34. The lowest BCUT2D eigenvalue weighted by molar-refractivity contribution is 0.0696. The number of nitrogens with zero attached hydrogens (tertiary/aromatic N) is 1. The summed E-state index contributed by atoms with van der Waals surface area (Å²) in [7, 11) is -3.97. The molecule has 0 amide bonds. The van der Waals surface area contributed by atoms with Gasteiger partial charge < -0.3 is 5.11 Å². The average molecular weight is 477 g/mol. The maximum absolute atomic E-state index is 12.2. The molecular formula is C10H5Br2ClN2O4S2. The fourth-order valence-electron chi connectivity index (χ4n) is 1.35. The summed E-state index contributed by atoms with van der Waals surface area (Å²) in [5.41, 5.74) is -0.313. The Morgan fingerprint density at radius 3 is 2.57 bits per heavy atom. The van der Waals surface area contributed by atoms with Crippen molar-refractivity contribution >= 4 is 75.9 Å². The Labute approximate surface area is 145 Å². The molecule has 0 aliphatic heterocycles. The van der Waals surface area contributed by atoms with Crippen LogP contribution < -0.4 is 4.72 Å². The Balaban J connectivity index is 2.47. The van der Waals surface area contributed by atoms with Crippen LogP contribution in [0.1, 0.15) is 10.4 Å². The summed E-state index contributed by atoms with van der Waals surface area (Å²) in [6, 6.07) is 2.21. The normalized spacial score (nSPS) is 11.4. The van der Waals surface area contributed by atoms with E-state index < -0.39 is 16.0 Å². The number of benzene rings is 1. The molecule has 1 heterocycles. The largest absolute Gasteiger partial charge is 0.478 e. The molecular weight excluding hydrogens is 472 g/mol. The zero-order valence-electron chi connectivity index (χ0n) is 9.80. The molecule has 2 N–H and O–H groups in total. The minimum atomic E-state index is -3.97. The van der Waals surface area contributed by atoms with Crippen LogP contribution >= 0.6 is 54.8 Å². The van der Waals surface area contributed by atoms with Gasteiger partial charge in [-0.3, -0.25) is 4.72 Å². The molecule has 2 rings (SSSR count). The summed E-state index contributed by atoms with van der Waals surface area (Å²) >= 11 is 13.1. The number of anilines is 1. The first kappa shape index (κ1) is 16.7. The number of hydrogen-bond acceptors (Lipinski definition) is 5. The van der Waals surface area contributed by atoms with Crippen molar-refractivity contribution in [2.45, 2.75) is 4.90 Å². The van der Waals surface area contributed by atoms with Crippen molar-refractivity contribution in [2.24, 2.45) is 0 Å². The maximum Gasteiger partial charge on any atom is 0.337 e. The first-order valence-electron chi connectivity index (χ1n) is 5.07. The van der Waals surface area contributed by atoms with Crippen molar-refractivity contribution in [3.05, 3.63) is 37.2 Å². The van der Waals surface area contributed by atoms with Crippen LogP contribution in [0, 0.1) is 0 Å². The molecule has 0 saturated heterocycles. The van der Waals surface area contributed by atoms with Crippen LogP contribution in [0.5, 0.6) is 0 Å². The number of nitrogens with one attached hydrogen (secondary N) is 1. The number of carbonyl (C=O) groups is 1. The second-order valence-corrected chi connectivity index (χ2v) is 8.97. The van der Waals surface area contributed by atoms with Crippen molar-refractivity contribution < 1.29 is 18.3 Å². The van der Waals surface area contributed by atoms with Gasteiger partial charge in [-0.05, 0) is 44.0 Å². The highest BCUT2D eigenvalue weighted by molar-refractivity contribution is 9.11. The lowest BCUT2D eigenvalue weighted by Crippen LogP contribution is -2.14. The topological polar surface area (TPSA) is 96.4 Å². The Morgan fingerprint density at radius 1 is 1.38 bits per heavy atom. The predicted molar refractivity (Wildman–Crippen MR) is 86.7 cm³/mol. The van der Waals surface area contributed by atoms with E-state index in [0.717, 1.165) is 17.4 Å². The third-order valence-electron chi connectivity index (χ3n) is 2.24. The fourth-order valence-corrected chi connectivity index (χ4v) is 4.55. The van der Waals surface area contributed by atoms with Crippen LogP contribution in [0.4, 0.5) is 5.13 Å². The van der Waals surface area contributed by atoms with E-state index in [9.17, 15) is 13.2 Å². The average Bonchev–Trinajstić information content (AvgIpc) is 2.76. The second kappa shape index (κ2) is 6.21. The molecule has 21 heavy (non-hydrogen) atoms.